The molecule has 1 fully saturated rings. The van der Waals surface area contributed by atoms with Gasteiger partial charge in [-0.2, -0.15) is 0 Å². The molecule has 7 heteroatoms. The first-order valence-electron chi connectivity index (χ1n) is 8.80. The second-order valence-corrected chi connectivity index (χ2v) is 6.56. The summed E-state index contributed by atoms with van der Waals surface area (Å²) in [5.74, 6) is -1.16. The van der Waals surface area contributed by atoms with E-state index in [1.165, 1.54) is 23.2 Å². The Morgan fingerprint density at radius 1 is 1.00 bits per heavy atom. The maximum absolute atomic E-state index is 12.7. The first-order valence-corrected chi connectivity index (χ1v) is 8.80. The van der Waals surface area contributed by atoms with Crippen LogP contribution in [0.25, 0.3) is 17.4 Å². The molecule has 144 valence electrons. The van der Waals surface area contributed by atoms with Crippen LogP contribution >= 0.6 is 0 Å². The summed E-state index contributed by atoms with van der Waals surface area (Å²) in [6.45, 7) is 1.93. The van der Waals surface area contributed by atoms with Gasteiger partial charge in [-0.25, -0.2) is 9.80 Å². The summed E-state index contributed by atoms with van der Waals surface area (Å²) in [4.78, 5) is 35.9. The molecule has 2 amide bonds. The molecule has 1 aliphatic rings. The number of carbonyl (C=O) groups excluding carboxylic acids is 2. The number of hydrogen-bond acceptors (Lipinski definition) is 4. The number of aromatic carboxylic acids is 1. The van der Waals surface area contributed by atoms with Crippen LogP contribution in [0.5, 0.6) is 0 Å². The van der Waals surface area contributed by atoms with E-state index in [-0.39, 0.29) is 11.1 Å². The molecule has 2 heterocycles. The highest BCUT2D eigenvalue weighted by Crippen LogP contribution is 2.26. The third-order valence-electron chi connectivity index (χ3n) is 4.51. The van der Waals surface area contributed by atoms with Gasteiger partial charge in [-0.3, -0.25) is 15.0 Å². The number of carboxylic acid groups (broad SMARTS) is 1. The molecule has 29 heavy (non-hydrogen) atoms. The Morgan fingerprint density at radius 2 is 1.69 bits per heavy atom. The summed E-state index contributed by atoms with van der Waals surface area (Å²) >= 11 is 0. The maximum atomic E-state index is 12.7. The third-order valence-corrected chi connectivity index (χ3v) is 4.51. The van der Waals surface area contributed by atoms with Crippen LogP contribution in [-0.2, 0) is 9.59 Å². The van der Waals surface area contributed by atoms with Gasteiger partial charge in [0.15, 0.2) is 0 Å². The third kappa shape index (κ3) is 3.53. The van der Waals surface area contributed by atoms with Crippen LogP contribution in [0.2, 0.25) is 0 Å². The van der Waals surface area contributed by atoms with E-state index in [1.807, 2.05) is 19.1 Å². The van der Waals surface area contributed by atoms with Crippen LogP contribution in [0.4, 0.5) is 5.69 Å². The fourth-order valence-electron chi connectivity index (χ4n) is 2.94. The highest BCUT2D eigenvalue weighted by Gasteiger charge is 2.34. The Hall–Kier alpha value is -4.13. The fraction of sp³-hybridized carbons (Fsp3) is 0.0455. The molecular weight excluding hydrogens is 372 g/mol. The summed E-state index contributed by atoms with van der Waals surface area (Å²) < 4.78 is 5.71. The lowest BCUT2D eigenvalue weighted by atomic mass is 10.1. The van der Waals surface area contributed by atoms with E-state index in [4.69, 9.17) is 9.52 Å². The zero-order valence-electron chi connectivity index (χ0n) is 15.4. The second kappa shape index (κ2) is 7.12. The van der Waals surface area contributed by atoms with Crippen molar-refractivity contribution in [2.45, 2.75) is 6.92 Å². The molecule has 1 aromatic heterocycles. The van der Waals surface area contributed by atoms with Gasteiger partial charge >= 0.3 is 5.97 Å². The minimum absolute atomic E-state index is 0.0345. The largest absolute Gasteiger partial charge is 0.478 e. The van der Waals surface area contributed by atoms with E-state index in [0.29, 0.717) is 22.8 Å². The molecule has 0 unspecified atom stereocenters. The van der Waals surface area contributed by atoms with E-state index in [0.717, 1.165) is 5.56 Å². The topological polar surface area (TPSA) is 99.8 Å². The molecule has 0 spiro atoms. The molecule has 2 N–H and O–H groups in total. The lowest BCUT2D eigenvalue weighted by Gasteiger charge is -2.14. The van der Waals surface area contributed by atoms with Crippen LogP contribution in [0.1, 0.15) is 21.7 Å². The Labute approximate surface area is 165 Å². The van der Waals surface area contributed by atoms with E-state index in [2.05, 4.69) is 5.43 Å². The number of nitrogens with one attached hydrogen (secondary N) is 1. The number of anilines is 1. The molecule has 3 aromatic rings. The number of furan rings is 1. The molecule has 0 aliphatic carbocycles. The number of hydrazine groups is 1. The van der Waals surface area contributed by atoms with Crippen molar-refractivity contribution < 1.29 is 23.9 Å². The molecule has 2 aromatic carbocycles. The monoisotopic (exact) mass is 388 g/mol. The van der Waals surface area contributed by atoms with E-state index in [9.17, 15) is 14.4 Å². The lowest BCUT2D eigenvalue weighted by Crippen LogP contribution is -2.35. The van der Waals surface area contributed by atoms with E-state index < -0.39 is 17.8 Å². The van der Waals surface area contributed by atoms with Crippen molar-refractivity contribution in [1.29, 1.82) is 0 Å². The summed E-state index contributed by atoms with van der Waals surface area (Å²) in [7, 11) is 0. The summed E-state index contributed by atoms with van der Waals surface area (Å²) in [6.07, 6.45) is 1.39. The smallest absolute Gasteiger partial charge is 0.335 e. The van der Waals surface area contributed by atoms with Gasteiger partial charge in [-0.15, -0.1) is 0 Å². The van der Waals surface area contributed by atoms with Crippen molar-refractivity contribution >= 4 is 29.5 Å². The van der Waals surface area contributed by atoms with Crippen molar-refractivity contribution in [1.82, 2.24) is 5.43 Å². The molecule has 4 rings (SSSR count). The van der Waals surface area contributed by atoms with Gasteiger partial charge in [-0.05, 0) is 49.4 Å². The quantitative estimate of drug-likeness (QED) is 0.527. The first kappa shape index (κ1) is 18.2. The number of carboxylic acids is 1. The normalized spacial score (nSPS) is 15.1. The molecule has 1 saturated heterocycles. The van der Waals surface area contributed by atoms with Gasteiger partial charge in [-0.1, -0.05) is 29.8 Å². The van der Waals surface area contributed by atoms with Crippen LogP contribution in [0, 0.1) is 6.92 Å². The van der Waals surface area contributed by atoms with Crippen LogP contribution in [0.3, 0.4) is 0 Å². The summed E-state index contributed by atoms with van der Waals surface area (Å²) in [6, 6.07) is 16.8. The van der Waals surface area contributed by atoms with Crippen molar-refractivity contribution in [2.75, 3.05) is 5.01 Å². The van der Waals surface area contributed by atoms with E-state index >= 15 is 0 Å². The average molecular weight is 388 g/mol. The number of aryl methyl sites for hydroxylation is 1. The molecule has 0 bridgehead atoms. The Morgan fingerprint density at radius 3 is 2.34 bits per heavy atom. The number of nitrogens with zero attached hydrogens (tertiary/aromatic N) is 1. The Kier molecular flexibility index (Phi) is 4.48. The Balaban J connectivity index is 1.58. The number of amides is 2. The van der Waals surface area contributed by atoms with Crippen molar-refractivity contribution in [3.05, 3.63) is 83.1 Å². The lowest BCUT2D eigenvalue weighted by molar-refractivity contribution is -0.117. The van der Waals surface area contributed by atoms with Crippen LogP contribution < -0.4 is 10.4 Å². The van der Waals surface area contributed by atoms with Crippen LogP contribution in [-0.4, -0.2) is 22.9 Å². The number of carbonyl (C=O) groups is 3. The molecule has 7 nitrogen and oxygen atoms in total. The number of rotatable bonds is 4. The molecular formula is C22H16N2O5. The zero-order valence-corrected chi connectivity index (χ0v) is 15.4. The van der Waals surface area contributed by atoms with Crippen molar-refractivity contribution in [3.8, 4) is 11.3 Å². The first-order chi connectivity index (χ1) is 13.9. The molecule has 0 atom stereocenters. The highest BCUT2D eigenvalue weighted by atomic mass is 16.4. The van der Waals surface area contributed by atoms with Gasteiger partial charge in [0.25, 0.3) is 11.8 Å². The van der Waals surface area contributed by atoms with Gasteiger partial charge in [0.2, 0.25) is 0 Å². The highest BCUT2D eigenvalue weighted by molar-refractivity contribution is 6.31. The van der Waals surface area contributed by atoms with E-state index in [1.54, 1.807) is 36.4 Å². The summed E-state index contributed by atoms with van der Waals surface area (Å²) in [5, 5.41) is 10.2. The average Bonchev–Trinajstić information content (AvgIpc) is 3.29. The van der Waals surface area contributed by atoms with Gasteiger partial charge in [0.1, 0.15) is 17.1 Å². The van der Waals surface area contributed by atoms with Crippen LogP contribution in [0.15, 0.2) is 70.7 Å². The predicted octanol–water partition coefficient (Wildman–Crippen LogP) is 3.41. The maximum Gasteiger partial charge on any atom is 0.335 e. The molecule has 0 saturated carbocycles. The SMILES string of the molecule is Cc1ccc(N2NC(=O)/C(=C\c3ccc(-c4ccc(C(=O)O)cc4)o3)C2=O)cc1. The molecule has 1 aliphatic heterocycles. The zero-order chi connectivity index (χ0) is 20.5. The van der Waals surface area contributed by atoms with Gasteiger partial charge in [0, 0.05) is 5.56 Å². The summed E-state index contributed by atoms with van der Waals surface area (Å²) in [5.41, 5.74) is 4.98. The fourth-order valence-corrected chi connectivity index (χ4v) is 2.94. The molecule has 0 radical (unpaired) electrons. The van der Waals surface area contributed by atoms with Gasteiger partial charge < -0.3 is 9.52 Å². The predicted molar refractivity (Wildman–Crippen MR) is 106 cm³/mol. The number of benzene rings is 2. The number of hydrogen-bond donors (Lipinski definition) is 2. The second-order valence-electron chi connectivity index (χ2n) is 6.56. The minimum Gasteiger partial charge on any atom is -0.478 e. The van der Waals surface area contributed by atoms with Crippen molar-refractivity contribution in [2.24, 2.45) is 0 Å². The minimum atomic E-state index is -1.01. The van der Waals surface area contributed by atoms with Gasteiger partial charge in [0.05, 0.1) is 11.3 Å². The standard InChI is InChI=1S/C22H16N2O5/c1-13-2-8-16(9-3-13)24-21(26)18(20(25)23-24)12-17-10-11-19(29-17)14-4-6-15(7-5-14)22(27)28/h2-12H,1H3,(H,23,25)(H,27,28)/b18-12+. The van der Waals surface area contributed by atoms with Crippen molar-refractivity contribution in [3.63, 3.8) is 0 Å². The Bertz CT molecular complexity index is 1140.